The van der Waals surface area contributed by atoms with Gasteiger partial charge in [-0.05, 0) is 44.7 Å². The van der Waals surface area contributed by atoms with Crippen LogP contribution >= 0.6 is 0 Å². The fourth-order valence-electron chi connectivity index (χ4n) is 2.60. The maximum atomic E-state index is 9.40. The Labute approximate surface area is 133 Å². The molecule has 0 radical (unpaired) electrons. The number of aliphatic hydroxyl groups excluding tert-OH is 1. The Morgan fingerprint density at radius 1 is 0.909 bits per heavy atom. The SMILES string of the molecule is Cc1ccccc1.Nc1ccccc1N[C@H]1CC[C@H](O)CC1. The first-order chi connectivity index (χ1) is 10.6. The Morgan fingerprint density at radius 2 is 1.50 bits per heavy atom. The number of hydrogen-bond donors (Lipinski definition) is 3. The molecule has 1 aliphatic carbocycles. The molecule has 4 N–H and O–H groups in total. The first-order valence-electron chi connectivity index (χ1n) is 7.96. The first kappa shape index (κ1) is 16.4. The standard InChI is InChI=1S/C12H18N2O.C7H8/c13-11-3-1-2-4-12(11)14-9-5-7-10(15)8-6-9;1-7-5-3-2-4-6-7/h1-4,9-10,14-15H,5-8,13H2;2-6H,1H3/t9-,10-;. The second kappa shape index (κ2) is 8.44. The molecule has 1 aliphatic rings. The summed E-state index contributed by atoms with van der Waals surface area (Å²) in [5.41, 5.74) is 8.98. The van der Waals surface area contributed by atoms with Crippen LogP contribution in [0.3, 0.4) is 0 Å². The summed E-state index contributed by atoms with van der Waals surface area (Å²) in [6.45, 7) is 2.08. The van der Waals surface area contributed by atoms with Crippen molar-refractivity contribution in [1.29, 1.82) is 0 Å². The average Bonchev–Trinajstić information content (AvgIpc) is 2.53. The van der Waals surface area contributed by atoms with Crippen LogP contribution in [0, 0.1) is 6.92 Å². The van der Waals surface area contributed by atoms with Crippen LogP contribution in [0.5, 0.6) is 0 Å². The molecule has 0 unspecified atom stereocenters. The van der Waals surface area contributed by atoms with Crippen LogP contribution in [0.2, 0.25) is 0 Å². The third-order valence-corrected chi connectivity index (χ3v) is 3.96. The van der Waals surface area contributed by atoms with Crippen LogP contribution in [0.15, 0.2) is 54.6 Å². The minimum atomic E-state index is -0.101. The van der Waals surface area contributed by atoms with E-state index in [0.29, 0.717) is 6.04 Å². The molecule has 3 heteroatoms. The van der Waals surface area contributed by atoms with E-state index in [-0.39, 0.29) is 6.10 Å². The van der Waals surface area contributed by atoms with Gasteiger partial charge >= 0.3 is 0 Å². The molecule has 1 fully saturated rings. The summed E-state index contributed by atoms with van der Waals surface area (Å²) in [4.78, 5) is 0. The van der Waals surface area contributed by atoms with E-state index in [4.69, 9.17) is 5.73 Å². The molecule has 3 rings (SSSR count). The number of aryl methyl sites for hydroxylation is 1. The molecule has 0 heterocycles. The lowest BCUT2D eigenvalue weighted by atomic mass is 9.93. The van der Waals surface area contributed by atoms with Crippen molar-refractivity contribution in [2.45, 2.75) is 44.8 Å². The second-order valence-electron chi connectivity index (χ2n) is 5.89. The van der Waals surface area contributed by atoms with E-state index in [9.17, 15) is 5.11 Å². The fraction of sp³-hybridized carbons (Fsp3) is 0.368. The van der Waals surface area contributed by atoms with Crippen LogP contribution < -0.4 is 11.1 Å². The summed E-state index contributed by atoms with van der Waals surface area (Å²) in [5.74, 6) is 0. The fourth-order valence-corrected chi connectivity index (χ4v) is 2.60. The number of nitrogens with two attached hydrogens (primary N) is 1. The molecule has 0 aromatic heterocycles. The maximum Gasteiger partial charge on any atom is 0.0576 e. The number of benzene rings is 2. The van der Waals surface area contributed by atoms with Crippen molar-refractivity contribution >= 4 is 11.4 Å². The van der Waals surface area contributed by atoms with Crippen molar-refractivity contribution in [2.24, 2.45) is 0 Å². The highest BCUT2D eigenvalue weighted by atomic mass is 16.3. The van der Waals surface area contributed by atoms with Gasteiger partial charge in [-0.3, -0.25) is 0 Å². The number of hydrogen-bond acceptors (Lipinski definition) is 3. The topological polar surface area (TPSA) is 58.3 Å². The van der Waals surface area contributed by atoms with E-state index in [1.165, 1.54) is 5.56 Å². The molecule has 22 heavy (non-hydrogen) atoms. The van der Waals surface area contributed by atoms with Gasteiger partial charge in [-0.1, -0.05) is 48.0 Å². The van der Waals surface area contributed by atoms with Crippen molar-refractivity contribution in [2.75, 3.05) is 11.1 Å². The summed E-state index contributed by atoms with van der Waals surface area (Å²) in [7, 11) is 0. The van der Waals surface area contributed by atoms with E-state index in [1.54, 1.807) is 0 Å². The van der Waals surface area contributed by atoms with Crippen LogP contribution in [0.1, 0.15) is 31.2 Å². The monoisotopic (exact) mass is 298 g/mol. The quantitative estimate of drug-likeness (QED) is 0.735. The Bertz CT molecular complexity index is 548. The molecule has 3 nitrogen and oxygen atoms in total. The number of para-hydroxylation sites is 2. The number of nitrogen functional groups attached to an aromatic ring is 1. The van der Waals surface area contributed by atoms with Crippen molar-refractivity contribution in [3.05, 3.63) is 60.2 Å². The lowest BCUT2D eigenvalue weighted by Gasteiger charge is -2.27. The van der Waals surface area contributed by atoms with Crippen molar-refractivity contribution < 1.29 is 5.11 Å². The van der Waals surface area contributed by atoms with Gasteiger partial charge in [0.2, 0.25) is 0 Å². The van der Waals surface area contributed by atoms with Crippen molar-refractivity contribution in [3.8, 4) is 0 Å². The summed E-state index contributed by atoms with van der Waals surface area (Å²) in [6.07, 6.45) is 3.73. The molecule has 0 spiro atoms. The summed E-state index contributed by atoms with van der Waals surface area (Å²) >= 11 is 0. The molecule has 1 saturated carbocycles. The zero-order chi connectivity index (χ0) is 15.8. The normalized spacial score (nSPS) is 20.6. The predicted molar refractivity (Wildman–Crippen MR) is 93.9 cm³/mol. The molecule has 118 valence electrons. The number of rotatable bonds is 2. The first-order valence-corrected chi connectivity index (χ1v) is 7.96. The van der Waals surface area contributed by atoms with Gasteiger partial charge in [0.15, 0.2) is 0 Å². The van der Waals surface area contributed by atoms with Gasteiger partial charge in [-0.2, -0.15) is 0 Å². The lowest BCUT2D eigenvalue weighted by Crippen LogP contribution is -2.28. The van der Waals surface area contributed by atoms with Crippen LogP contribution in [0.4, 0.5) is 11.4 Å². The minimum absolute atomic E-state index is 0.101. The molecule has 2 aromatic rings. The van der Waals surface area contributed by atoms with E-state index in [0.717, 1.165) is 37.1 Å². The Balaban J connectivity index is 0.000000211. The van der Waals surface area contributed by atoms with Gasteiger partial charge in [-0.15, -0.1) is 0 Å². The van der Waals surface area contributed by atoms with Crippen LogP contribution in [-0.4, -0.2) is 17.3 Å². The molecule has 0 bridgehead atoms. The van der Waals surface area contributed by atoms with Crippen LogP contribution in [0.25, 0.3) is 0 Å². The molecular formula is C19H26N2O. The Hall–Kier alpha value is -2.00. The largest absolute Gasteiger partial charge is 0.397 e. The predicted octanol–water partition coefficient (Wildman–Crippen LogP) is 3.98. The third-order valence-electron chi connectivity index (χ3n) is 3.96. The second-order valence-corrected chi connectivity index (χ2v) is 5.89. The van der Waals surface area contributed by atoms with Crippen molar-refractivity contribution in [1.82, 2.24) is 0 Å². The van der Waals surface area contributed by atoms with Crippen LogP contribution in [-0.2, 0) is 0 Å². The summed E-state index contributed by atoms with van der Waals surface area (Å²) in [6, 6.07) is 18.5. The zero-order valence-electron chi connectivity index (χ0n) is 13.2. The number of aliphatic hydroxyl groups is 1. The number of anilines is 2. The van der Waals surface area contributed by atoms with Crippen molar-refractivity contribution in [3.63, 3.8) is 0 Å². The van der Waals surface area contributed by atoms with Gasteiger partial charge < -0.3 is 16.2 Å². The van der Waals surface area contributed by atoms with Gasteiger partial charge in [-0.25, -0.2) is 0 Å². The van der Waals surface area contributed by atoms with Gasteiger partial charge in [0.1, 0.15) is 0 Å². The molecular weight excluding hydrogens is 272 g/mol. The van der Waals surface area contributed by atoms with E-state index < -0.39 is 0 Å². The maximum absolute atomic E-state index is 9.40. The van der Waals surface area contributed by atoms with E-state index in [2.05, 4.69) is 24.4 Å². The molecule has 0 saturated heterocycles. The molecule has 0 amide bonds. The molecule has 0 aliphatic heterocycles. The van der Waals surface area contributed by atoms with Gasteiger partial charge in [0.05, 0.1) is 17.5 Å². The average molecular weight is 298 g/mol. The highest BCUT2D eigenvalue weighted by molar-refractivity contribution is 5.65. The third kappa shape index (κ3) is 5.41. The summed E-state index contributed by atoms with van der Waals surface area (Å²) in [5, 5.41) is 12.8. The smallest absolute Gasteiger partial charge is 0.0576 e. The highest BCUT2D eigenvalue weighted by Crippen LogP contribution is 2.24. The zero-order valence-corrected chi connectivity index (χ0v) is 13.2. The summed E-state index contributed by atoms with van der Waals surface area (Å²) < 4.78 is 0. The molecule has 2 aromatic carbocycles. The highest BCUT2D eigenvalue weighted by Gasteiger charge is 2.19. The van der Waals surface area contributed by atoms with E-state index >= 15 is 0 Å². The minimum Gasteiger partial charge on any atom is -0.397 e. The van der Waals surface area contributed by atoms with E-state index in [1.807, 2.05) is 42.5 Å². The lowest BCUT2D eigenvalue weighted by molar-refractivity contribution is 0.126. The Morgan fingerprint density at radius 3 is 2.05 bits per heavy atom. The van der Waals surface area contributed by atoms with Gasteiger partial charge in [0, 0.05) is 6.04 Å². The number of nitrogens with one attached hydrogen (secondary N) is 1. The Kier molecular flexibility index (Phi) is 6.28. The van der Waals surface area contributed by atoms with Gasteiger partial charge in [0.25, 0.3) is 0 Å². The molecule has 0 atom stereocenters.